The molecular formula is C18H15N3O4S. The fraction of sp³-hybridized carbons (Fsp3) is 0.111. The van der Waals surface area contributed by atoms with Gasteiger partial charge in [-0.1, -0.05) is 12.1 Å². The second-order valence-electron chi connectivity index (χ2n) is 5.59. The average Bonchev–Trinajstić information content (AvgIpc) is 3.07. The number of para-hydroxylation sites is 1. The minimum Gasteiger partial charge on any atom is -0.451 e. The summed E-state index contributed by atoms with van der Waals surface area (Å²) in [5, 5.41) is 8.87. The van der Waals surface area contributed by atoms with Crippen LogP contribution in [0.2, 0.25) is 0 Å². The smallest absolute Gasteiger partial charge is 0.292 e. The van der Waals surface area contributed by atoms with Gasteiger partial charge in [0.2, 0.25) is 0 Å². The second kappa shape index (κ2) is 7.32. The van der Waals surface area contributed by atoms with E-state index in [0.29, 0.717) is 21.7 Å². The molecule has 0 spiro atoms. The largest absolute Gasteiger partial charge is 0.451 e. The molecular weight excluding hydrogens is 354 g/mol. The molecule has 2 N–H and O–H groups in total. The predicted octanol–water partition coefficient (Wildman–Crippen LogP) is 3.23. The molecule has 2 amide bonds. The molecule has 2 heterocycles. The molecule has 3 aromatic rings. The molecule has 0 aliphatic carbocycles. The molecule has 0 bridgehead atoms. The van der Waals surface area contributed by atoms with Crippen LogP contribution in [0.15, 0.2) is 56.1 Å². The molecule has 2 aromatic heterocycles. The minimum atomic E-state index is -0.612. The molecule has 26 heavy (non-hydrogen) atoms. The number of hydrazone groups is 1. The molecule has 1 aromatic carbocycles. The van der Waals surface area contributed by atoms with E-state index in [9.17, 15) is 14.4 Å². The normalized spacial score (nSPS) is 10.4. The lowest BCUT2D eigenvalue weighted by atomic mass is 10.2. The number of carbonyl (C=O) groups is 2. The highest BCUT2D eigenvalue weighted by Crippen LogP contribution is 2.24. The van der Waals surface area contributed by atoms with Gasteiger partial charge >= 0.3 is 0 Å². The SMILES string of the molecule is CC(C)=NNC(=O)c1ccsc1NC(=O)c1cc(=O)c2ccccc2o1. The number of fused-ring (bicyclic) bond motifs is 1. The van der Waals surface area contributed by atoms with Crippen molar-refractivity contribution in [2.45, 2.75) is 13.8 Å². The van der Waals surface area contributed by atoms with Crippen LogP contribution in [-0.2, 0) is 0 Å². The molecule has 0 aliphatic rings. The van der Waals surface area contributed by atoms with Gasteiger partial charge in [-0.2, -0.15) is 5.10 Å². The molecule has 0 aliphatic heterocycles. The summed E-state index contributed by atoms with van der Waals surface area (Å²) in [6.45, 7) is 3.50. The Morgan fingerprint density at radius 2 is 1.88 bits per heavy atom. The number of nitrogens with zero attached hydrogens (tertiary/aromatic N) is 1. The van der Waals surface area contributed by atoms with Crippen molar-refractivity contribution in [1.29, 1.82) is 0 Å². The maximum Gasteiger partial charge on any atom is 0.292 e. The zero-order chi connectivity index (χ0) is 18.7. The van der Waals surface area contributed by atoms with Crippen molar-refractivity contribution in [2.75, 3.05) is 5.32 Å². The van der Waals surface area contributed by atoms with E-state index in [4.69, 9.17) is 4.42 Å². The van der Waals surface area contributed by atoms with Gasteiger partial charge in [0.15, 0.2) is 11.2 Å². The van der Waals surface area contributed by atoms with Gasteiger partial charge in [0.25, 0.3) is 11.8 Å². The molecule has 132 valence electrons. The Kier molecular flexibility index (Phi) is 4.94. The Morgan fingerprint density at radius 1 is 1.12 bits per heavy atom. The molecule has 3 rings (SSSR count). The first-order valence-corrected chi connectivity index (χ1v) is 8.56. The third-order valence-electron chi connectivity index (χ3n) is 3.38. The van der Waals surface area contributed by atoms with Crippen molar-refractivity contribution in [1.82, 2.24) is 5.43 Å². The van der Waals surface area contributed by atoms with E-state index in [1.165, 1.54) is 11.3 Å². The Morgan fingerprint density at radius 3 is 2.65 bits per heavy atom. The quantitative estimate of drug-likeness (QED) is 0.544. The van der Waals surface area contributed by atoms with Crippen LogP contribution in [0.4, 0.5) is 5.00 Å². The molecule has 0 unspecified atom stereocenters. The van der Waals surface area contributed by atoms with Crippen LogP contribution in [0.25, 0.3) is 11.0 Å². The number of amides is 2. The highest BCUT2D eigenvalue weighted by molar-refractivity contribution is 7.14. The van der Waals surface area contributed by atoms with Crippen molar-refractivity contribution < 1.29 is 14.0 Å². The standard InChI is InChI=1S/C18H15N3O4S/c1-10(2)20-21-16(23)12-7-8-26-18(12)19-17(24)15-9-13(22)11-5-3-4-6-14(11)25-15/h3-9H,1-2H3,(H,19,24)(H,21,23). The molecule has 7 nitrogen and oxygen atoms in total. The van der Waals surface area contributed by atoms with E-state index in [2.05, 4.69) is 15.8 Å². The van der Waals surface area contributed by atoms with Crippen LogP contribution in [0, 0.1) is 0 Å². The summed E-state index contributed by atoms with van der Waals surface area (Å²) >= 11 is 1.18. The van der Waals surface area contributed by atoms with Gasteiger partial charge in [0.1, 0.15) is 10.6 Å². The summed E-state index contributed by atoms with van der Waals surface area (Å²) < 4.78 is 5.50. The Labute approximate surface area is 152 Å². The molecule has 0 radical (unpaired) electrons. The van der Waals surface area contributed by atoms with Crippen molar-refractivity contribution in [3.05, 3.63) is 63.3 Å². The Balaban J connectivity index is 1.85. The summed E-state index contributed by atoms with van der Waals surface area (Å²) in [7, 11) is 0. The summed E-state index contributed by atoms with van der Waals surface area (Å²) in [5.41, 5.74) is 3.38. The fourth-order valence-corrected chi connectivity index (χ4v) is 2.97. The summed E-state index contributed by atoms with van der Waals surface area (Å²) in [5.74, 6) is -1.18. The number of nitrogens with one attached hydrogen (secondary N) is 2. The van der Waals surface area contributed by atoms with Gasteiger partial charge in [0, 0.05) is 11.8 Å². The van der Waals surface area contributed by atoms with Crippen LogP contribution in [0.3, 0.4) is 0 Å². The molecule has 0 fully saturated rings. The van der Waals surface area contributed by atoms with Crippen LogP contribution >= 0.6 is 11.3 Å². The number of hydrogen-bond acceptors (Lipinski definition) is 6. The topological polar surface area (TPSA) is 101 Å². The fourth-order valence-electron chi connectivity index (χ4n) is 2.19. The predicted molar refractivity (Wildman–Crippen MR) is 101 cm³/mol. The van der Waals surface area contributed by atoms with Gasteiger partial charge in [-0.3, -0.25) is 14.4 Å². The van der Waals surface area contributed by atoms with Crippen molar-refractivity contribution in [3.63, 3.8) is 0 Å². The maximum atomic E-state index is 12.5. The number of thiophene rings is 1. The first kappa shape index (κ1) is 17.6. The van der Waals surface area contributed by atoms with Gasteiger partial charge in [-0.25, -0.2) is 5.43 Å². The minimum absolute atomic E-state index is 0.129. The lowest BCUT2D eigenvalue weighted by Crippen LogP contribution is -2.21. The second-order valence-corrected chi connectivity index (χ2v) is 6.50. The Bertz CT molecular complexity index is 1080. The van der Waals surface area contributed by atoms with E-state index in [-0.39, 0.29) is 16.8 Å². The zero-order valence-electron chi connectivity index (χ0n) is 14.0. The van der Waals surface area contributed by atoms with E-state index in [1.54, 1.807) is 49.6 Å². The van der Waals surface area contributed by atoms with Gasteiger partial charge in [-0.05, 0) is 37.4 Å². The van der Waals surface area contributed by atoms with Crippen LogP contribution in [-0.4, -0.2) is 17.5 Å². The van der Waals surface area contributed by atoms with E-state index >= 15 is 0 Å². The van der Waals surface area contributed by atoms with Crippen LogP contribution < -0.4 is 16.2 Å². The monoisotopic (exact) mass is 369 g/mol. The van der Waals surface area contributed by atoms with Crippen molar-refractivity contribution >= 4 is 44.8 Å². The van der Waals surface area contributed by atoms with Crippen LogP contribution in [0.5, 0.6) is 0 Å². The number of hydrogen-bond donors (Lipinski definition) is 2. The van der Waals surface area contributed by atoms with E-state index in [0.717, 1.165) is 6.07 Å². The molecule has 8 heteroatoms. The first-order chi connectivity index (χ1) is 12.5. The van der Waals surface area contributed by atoms with Gasteiger partial charge in [-0.15, -0.1) is 11.3 Å². The number of anilines is 1. The molecule has 0 atom stereocenters. The van der Waals surface area contributed by atoms with Crippen molar-refractivity contribution in [2.24, 2.45) is 5.10 Å². The lowest BCUT2D eigenvalue weighted by molar-refractivity contribution is 0.0956. The van der Waals surface area contributed by atoms with E-state index in [1.807, 2.05) is 0 Å². The zero-order valence-corrected chi connectivity index (χ0v) is 14.8. The third-order valence-corrected chi connectivity index (χ3v) is 4.21. The van der Waals surface area contributed by atoms with E-state index < -0.39 is 11.8 Å². The molecule has 0 saturated heterocycles. The lowest BCUT2D eigenvalue weighted by Gasteiger charge is -2.06. The van der Waals surface area contributed by atoms with Gasteiger partial charge in [0.05, 0.1) is 10.9 Å². The summed E-state index contributed by atoms with van der Waals surface area (Å²) in [6.07, 6.45) is 0. The number of benzene rings is 1. The first-order valence-electron chi connectivity index (χ1n) is 7.68. The average molecular weight is 369 g/mol. The number of rotatable bonds is 4. The van der Waals surface area contributed by atoms with Crippen molar-refractivity contribution in [3.8, 4) is 0 Å². The van der Waals surface area contributed by atoms with Gasteiger partial charge < -0.3 is 9.73 Å². The third kappa shape index (κ3) is 3.70. The van der Waals surface area contributed by atoms with Crippen LogP contribution in [0.1, 0.15) is 34.8 Å². The number of carbonyl (C=O) groups excluding carboxylic acids is 2. The summed E-state index contributed by atoms with van der Waals surface area (Å²) in [6, 6.07) is 9.38. The maximum absolute atomic E-state index is 12.5. The highest BCUT2D eigenvalue weighted by Gasteiger charge is 2.18. The Hall–Kier alpha value is -3.26. The highest BCUT2D eigenvalue weighted by atomic mass is 32.1. The summed E-state index contributed by atoms with van der Waals surface area (Å²) in [4.78, 5) is 36.7. The molecule has 0 saturated carbocycles.